The van der Waals surface area contributed by atoms with Gasteiger partial charge in [0.1, 0.15) is 25.8 Å². The SMILES string of the molecule is Bc1ccc([C@@H](C)N[S+]([O-])C(C)(C)C)c2c1OCCO2. The Morgan fingerprint density at radius 3 is 2.45 bits per heavy atom. The van der Waals surface area contributed by atoms with Gasteiger partial charge in [-0.05, 0) is 33.2 Å². The number of fused-ring (bicyclic) bond motifs is 1. The van der Waals surface area contributed by atoms with Crippen LogP contribution in [0.4, 0.5) is 0 Å². The van der Waals surface area contributed by atoms with Gasteiger partial charge in [0.05, 0.1) is 6.04 Å². The Hall–Kier alpha value is -0.845. The first-order valence-electron chi connectivity index (χ1n) is 6.88. The van der Waals surface area contributed by atoms with Gasteiger partial charge in [0, 0.05) is 16.9 Å². The molecule has 20 heavy (non-hydrogen) atoms. The van der Waals surface area contributed by atoms with Crippen molar-refractivity contribution in [2.75, 3.05) is 13.2 Å². The number of hydrogen-bond acceptors (Lipinski definition) is 4. The second kappa shape index (κ2) is 5.88. The van der Waals surface area contributed by atoms with Gasteiger partial charge in [0.2, 0.25) is 0 Å². The molecule has 0 amide bonds. The fraction of sp³-hybridized carbons (Fsp3) is 0.571. The topological polar surface area (TPSA) is 53.5 Å². The van der Waals surface area contributed by atoms with Crippen molar-refractivity contribution < 1.29 is 14.0 Å². The average Bonchev–Trinajstić information content (AvgIpc) is 2.38. The van der Waals surface area contributed by atoms with Gasteiger partial charge in [-0.1, -0.05) is 12.1 Å². The smallest absolute Gasteiger partial charge is 0.165 e. The van der Waals surface area contributed by atoms with Crippen LogP contribution in [0.3, 0.4) is 0 Å². The summed E-state index contributed by atoms with van der Waals surface area (Å²) in [6.45, 7) is 8.98. The molecule has 6 heteroatoms. The van der Waals surface area contributed by atoms with E-state index in [1.54, 1.807) is 0 Å². The van der Waals surface area contributed by atoms with Gasteiger partial charge in [-0.3, -0.25) is 0 Å². The standard InChI is InChI=1S/C14H22BNO3S/c1-9(16-20(17)14(2,3)4)10-5-6-11(15)13-12(10)18-7-8-19-13/h5-6,9,16H,7-8,15H2,1-4H3/t9-,20?/m1/s1. The highest BCUT2D eigenvalue weighted by Crippen LogP contribution is 2.36. The minimum atomic E-state index is -1.12. The minimum Gasteiger partial charge on any atom is -0.598 e. The summed E-state index contributed by atoms with van der Waals surface area (Å²) in [5, 5.41) is 0. The first-order chi connectivity index (χ1) is 9.30. The Labute approximate surface area is 125 Å². The molecule has 0 aliphatic carbocycles. The van der Waals surface area contributed by atoms with Crippen LogP contribution in [0.15, 0.2) is 12.1 Å². The number of rotatable bonds is 3. The van der Waals surface area contributed by atoms with Crippen LogP contribution in [0.5, 0.6) is 11.5 Å². The highest BCUT2D eigenvalue weighted by Gasteiger charge is 2.30. The fourth-order valence-electron chi connectivity index (χ4n) is 2.03. The Bertz CT molecular complexity index is 490. The van der Waals surface area contributed by atoms with E-state index in [1.165, 1.54) is 0 Å². The Kier molecular flexibility index (Phi) is 4.57. The second-order valence-electron chi connectivity index (χ2n) is 6.05. The zero-order valence-electron chi connectivity index (χ0n) is 12.8. The normalized spacial score (nSPS) is 17.6. The van der Waals surface area contributed by atoms with E-state index in [4.69, 9.17) is 9.47 Å². The lowest BCUT2D eigenvalue weighted by atomic mass is 9.91. The highest BCUT2D eigenvalue weighted by atomic mass is 32.2. The molecule has 1 aliphatic heterocycles. The van der Waals surface area contributed by atoms with E-state index in [-0.39, 0.29) is 10.8 Å². The van der Waals surface area contributed by atoms with Crippen LogP contribution >= 0.6 is 0 Å². The first kappa shape index (κ1) is 15.5. The molecule has 0 saturated heterocycles. The third-order valence-electron chi connectivity index (χ3n) is 3.22. The van der Waals surface area contributed by atoms with E-state index >= 15 is 0 Å². The molecule has 1 aromatic carbocycles. The number of hydrogen-bond donors (Lipinski definition) is 1. The maximum Gasteiger partial charge on any atom is 0.165 e. The van der Waals surface area contributed by atoms with Crippen LogP contribution in [-0.2, 0) is 11.4 Å². The van der Waals surface area contributed by atoms with Crippen LogP contribution < -0.4 is 19.7 Å². The molecule has 1 unspecified atom stereocenters. The van der Waals surface area contributed by atoms with E-state index in [1.807, 2.05) is 47.7 Å². The highest BCUT2D eigenvalue weighted by molar-refractivity contribution is 7.90. The summed E-state index contributed by atoms with van der Waals surface area (Å²) >= 11 is -1.12. The third kappa shape index (κ3) is 3.24. The molecule has 2 rings (SSSR count). The van der Waals surface area contributed by atoms with Crippen molar-refractivity contribution in [3.63, 3.8) is 0 Å². The zero-order valence-corrected chi connectivity index (χ0v) is 13.6. The van der Waals surface area contributed by atoms with E-state index < -0.39 is 11.4 Å². The molecule has 0 aromatic heterocycles. The Balaban J connectivity index is 2.24. The van der Waals surface area contributed by atoms with Crippen molar-refractivity contribution in [1.29, 1.82) is 0 Å². The Morgan fingerprint density at radius 1 is 1.25 bits per heavy atom. The summed E-state index contributed by atoms with van der Waals surface area (Å²) in [6.07, 6.45) is 0. The van der Waals surface area contributed by atoms with E-state index in [0.717, 1.165) is 22.5 Å². The third-order valence-corrected chi connectivity index (χ3v) is 4.90. The minimum absolute atomic E-state index is 0.0638. The molecule has 1 aliphatic rings. The van der Waals surface area contributed by atoms with Gasteiger partial charge in [-0.15, -0.1) is 4.72 Å². The van der Waals surface area contributed by atoms with Crippen molar-refractivity contribution in [3.8, 4) is 11.5 Å². The largest absolute Gasteiger partial charge is 0.598 e. The quantitative estimate of drug-likeness (QED) is 0.663. The summed E-state index contributed by atoms with van der Waals surface area (Å²) in [4.78, 5) is 0. The lowest BCUT2D eigenvalue weighted by Crippen LogP contribution is -2.40. The molecule has 0 saturated carbocycles. The van der Waals surface area contributed by atoms with Crippen LogP contribution in [0.2, 0.25) is 0 Å². The van der Waals surface area contributed by atoms with Crippen LogP contribution in [0, 0.1) is 0 Å². The molecule has 110 valence electrons. The van der Waals surface area contributed by atoms with Gasteiger partial charge in [-0.25, -0.2) is 0 Å². The molecule has 0 radical (unpaired) electrons. The van der Waals surface area contributed by atoms with Crippen LogP contribution in [-0.4, -0.2) is 30.4 Å². The molecule has 2 atom stereocenters. The number of benzene rings is 1. The monoisotopic (exact) mass is 295 g/mol. The van der Waals surface area contributed by atoms with Gasteiger partial charge < -0.3 is 14.0 Å². The van der Waals surface area contributed by atoms with E-state index in [2.05, 4.69) is 4.72 Å². The van der Waals surface area contributed by atoms with Gasteiger partial charge >= 0.3 is 0 Å². The molecule has 4 nitrogen and oxygen atoms in total. The summed E-state index contributed by atoms with van der Waals surface area (Å²) < 4.78 is 26.5. The number of ether oxygens (including phenoxy) is 2. The Morgan fingerprint density at radius 2 is 1.85 bits per heavy atom. The van der Waals surface area contributed by atoms with Gasteiger partial charge in [-0.2, -0.15) is 0 Å². The lowest BCUT2D eigenvalue weighted by molar-refractivity contribution is 0.170. The molecular formula is C14H22BNO3S. The van der Waals surface area contributed by atoms with E-state index in [9.17, 15) is 4.55 Å². The predicted octanol–water partition coefficient (Wildman–Crippen LogP) is 0.829. The molecular weight excluding hydrogens is 273 g/mol. The fourth-order valence-corrected chi connectivity index (χ4v) is 2.84. The van der Waals surface area contributed by atoms with Crippen LogP contribution in [0.25, 0.3) is 0 Å². The molecule has 1 aromatic rings. The van der Waals surface area contributed by atoms with Crippen molar-refractivity contribution >= 4 is 24.7 Å². The van der Waals surface area contributed by atoms with Crippen molar-refractivity contribution in [2.45, 2.75) is 38.5 Å². The van der Waals surface area contributed by atoms with Crippen molar-refractivity contribution in [3.05, 3.63) is 17.7 Å². The summed E-state index contributed by atoms with van der Waals surface area (Å²) in [5.74, 6) is 1.59. The molecule has 0 fully saturated rings. The lowest BCUT2D eigenvalue weighted by Gasteiger charge is -2.29. The maximum absolute atomic E-state index is 12.2. The maximum atomic E-state index is 12.2. The zero-order chi connectivity index (χ0) is 14.9. The van der Waals surface area contributed by atoms with Crippen LogP contribution in [0.1, 0.15) is 39.3 Å². The first-order valence-corrected chi connectivity index (χ1v) is 8.03. The van der Waals surface area contributed by atoms with Gasteiger partial charge in [0.25, 0.3) is 0 Å². The molecule has 1 heterocycles. The molecule has 0 spiro atoms. The second-order valence-corrected chi connectivity index (χ2v) is 8.05. The average molecular weight is 295 g/mol. The number of nitrogens with one attached hydrogen (secondary N) is 1. The summed E-state index contributed by atoms with van der Waals surface area (Å²) in [7, 11) is 2.00. The van der Waals surface area contributed by atoms with E-state index in [0.29, 0.717) is 13.2 Å². The van der Waals surface area contributed by atoms with Crippen molar-refractivity contribution in [1.82, 2.24) is 4.72 Å². The predicted molar refractivity (Wildman–Crippen MR) is 85.1 cm³/mol. The van der Waals surface area contributed by atoms with Gasteiger partial charge in [0.15, 0.2) is 11.5 Å². The van der Waals surface area contributed by atoms with Crippen molar-refractivity contribution in [2.24, 2.45) is 0 Å². The molecule has 0 bridgehead atoms. The summed E-state index contributed by atoms with van der Waals surface area (Å²) in [6, 6.07) is 3.97. The molecule has 1 N–H and O–H groups in total. The summed E-state index contributed by atoms with van der Waals surface area (Å²) in [5.41, 5.74) is 2.05.